The predicted octanol–water partition coefficient (Wildman–Crippen LogP) is 8.13. The molecule has 264 valence electrons. The number of aryl methyl sites for hydroxylation is 2. The molecule has 2 heterocycles. The van der Waals surface area contributed by atoms with Crippen molar-refractivity contribution in [3.05, 3.63) is 58.5 Å². The third kappa shape index (κ3) is 14.2. The van der Waals surface area contributed by atoms with Crippen molar-refractivity contribution in [2.45, 2.75) is 113 Å². The first-order valence-electron chi connectivity index (χ1n) is 15.3. The summed E-state index contributed by atoms with van der Waals surface area (Å²) in [7, 11) is 0. The SMILES string of the molecule is CC.CCC(C)(C)O.CCc1nc(C)c(/C=C(\C)C(=O)NCCC(F)(F)F)c(-c2cc(F)c3c(c2C)CCCO3)c1CC(=O)O.[CH3-].[Hf]. The Labute approximate surface area is 296 Å². The van der Waals surface area contributed by atoms with Crippen LogP contribution in [0.4, 0.5) is 17.6 Å². The van der Waals surface area contributed by atoms with Crippen LogP contribution >= 0.6 is 0 Å². The molecule has 0 saturated carbocycles. The number of nitrogens with zero attached hydrogens (tertiary/aromatic N) is 1. The molecule has 0 unspecified atom stereocenters. The molecule has 0 spiro atoms. The van der Waals surface area contributed by atoms with Crippen molar-refractivity contribution in [2.24, 2.45) is 0 Å². The van der Waals surface area contributed by atoms with Crippen LogP contribution in [-0.2, 0) is 54.7 Å². The standard InChI is InChI=1S/C27H30F4N2O4.C5H12O.C2H6.CH3.Hf/c1-5-22-20(13-23(34)35)24(18-12-21(28)25-17(15(18)3)7-6-10-37-25)19(16(4)33-22)11-14(2)26(36)32-9-8-27(29,30)31;1-4-5(2,3)6;1-2;;/h11-12H,5-10,13H2,1-4H3,(H,32,36)(H,34,35);6H,4H2,1-3H3;1-2H3;1H3;/q;;;-1;/b14-11+;;;;. The number of aromatic nitrogens is 1. The normalized spacial score (nSPS) is 12.4. The first kappa shape index (κ1) is 46.5. The fraction of sp³-hybridized carbons (Fsp3) is 0.543. The van der Waals surface area contributed by atoms with Gasteiger partial charge in [-0.3, -0.25) is 14.6 Å². The first-order chi connectivity index (χ1) is 20.9. The number of alkyl halides is 3. The smallest absolute Gasteiger partial charge is 0.390 e. The molecular formula is C35H51F4HfN2O5-. The Hall–Kier alpha value is -2.60. The zero-order valence-corrected chi connectivity index (χ0v) is 33.0. The number of aliphatic carboxylic acids is 1. The van der Waals surface area contributed by atoms with E-state index in [2.05, 4.69) is 10.3 Å². The van der Waals surface area contributed by atoms with Gasteiger partial charge in [0, 0.05) is 60.5 Å². The molecule has 2 aromatic rings. The number of amides is 1. The maximum atomic E-state index is 15.2. The summed E-state index contributed by atoms with van der Waals surface area (Å²) in [4.78, 5) is 29.0. The molecule has 3 N–H and O–H groups in total. The summed E-state index contributed by atoms with van der Waals surface area (Å²) in [6.45, 7) is 16.2. The van der Waals surface area contributed by atoms with Crippen LogP contribution in [0.25, 0.3) is 17.2 Å². The summed E-state index contributed by atoms with van der Waals surface area (Å²) < 4.78 is 58.2. The van der Waals surface area contributed by atoms with Gasteiger partial charge in [-0.05, 0) is 94.7 Å². The molecule has 0 bridgehead atoms. The number of halogens is 4. The Balaban J connectivity index is 0. The molecule has 0 aliphatic carbocycles. The van der Waals surface area contributed by atoms with Crippen LogP contribution < -0.4 is 10.1 Å². The summed E-state index contributed by atoms with van der Waals surface area (Å²) in [5, 5.41) is 20.8. The van der Waals surface area contributed by atoms with Crippen LogP contribution in [0.15, 0.2) is 11.6 Å². The van der Waals surface area contributed by atoms with Gasteiger partial charge in [0.25, 0.3) is 0 Å². The minimum Gasteiger partial charge on any atom is -0.490 e. The van der Waals surface area contributed by atoms with Crippen LogP contribution in [-0.4, -0.2) is 52.0 Å². The van der Waals surface area contributed by atoms with Gasteiger partial charge >= 0.3 is 12.1 Å². The number of fused-ring (bicyclic) bond motifs is 1. The number of rotatable bonds is 9. The molecular weight excluding hydrogens is 783 g/mol. The molecule has 12 heteroatoms. The van der Waals surface area contributed by atoms with Crippen molar-refractivity contribution < 1.29 is 67.9 Å². The van der Waals surface area contributed by atoms with E-state index in [-0.39, 0.29) is 51.0 Å². The molecule has 0 saturated heterocycles. The third-order valence-electron chi connectivity index (χ3n) is 7.26. The van der Waals surface area contributed by atoms with Crippen LogP contribution in [0.2, 0.25) is 0 Å². The third-order valence-corrected chi connectivity index (χ3v) is 7.26. The number of carboxylic acids is 1. The fourth-order valence-corrected chi connectivity index (χ4v) is 4.59. The average Bonchev–Trinajstić information content (AvgIpc) is 2.96. The van der Waals surface area contributed by atoms with Gasteiger partial charge in [-0.2, -0.15) is 13.2 Å². The van der Waals surface area contributed by atoms with Gasteiger partial charge in [-0.1, -0.05) is 27.7 Å². The molecule has 0 radical (unpaired) electrons. The second-order valence-corrected chi connectivity index (χ2v) is 11.2. The molecule has 1 aliphatic heterocycles. The minimum absolute atomic E-state index is 0. The number of nitrogens with one attached hydrogen (secondary N) is 1. The van der Waals surface area contributed by atoms with E-state index in [9.17, 15) is 27.9 Å². The molecule has 1 aromatic heterocycles. The number of hydrogen-bond donors (Lipinski definition) is 3. The number of aliphatic hydroxyl groups is 1. The molecule has 0 fully saturated rings. The molecule has 1 amide bonds. The predicted molar refractivity (Wildman–Crippen MR) is 175 cm³/mol. The van der Waals surface area contributed by atoms with Crippen LogP contribution in [0, 0.1) is 27.1 Å². The summed E-state index contributed by atoms with van der Waals surface area (Å²) in [6.07, 6.45) is -1.93. The Morgan fingerprint density at radius 1 is 1.15 bits per heavy atom. The second-order valence-electron chi connectivity index (χ2n) is 11.2. The van der Waals surface area contributed by atoms with Gasteiger partial charge in [0.2, 0.25) is 5.91 Å². The van der Waals surface area contributed by atoms with Gasteiger partial charge in [0.1, 0.15) is 0 Å². The number of pyridine rings is 1. The molecule has 7 nitrogen and oxygen atoms in total. The number of carboxylic acid groups (broad SMARTS) is 1. The number of carbonyl (C=O) groups is 2. The molecule has 0 atom stereocenters. The van der Waals surface area contributed by atoms with Crippen molar-refractivity contribution in [3.8, 4) is 16.9 Å². The van der Waals surface area contributed by atoms with Gasteiger partial charge in [-0.25, -0.2) is 4.39 Å². The zero-order chi connectivity index (χ0) is 34.7. The summed E-state index contributed by atoms with van der Waals surface area (Å²) >= 11 is 0. The van der Waals surface area contributed by atoms with E-state index in [0.717, 1.165) is 12.0 Å². The van der Waals surface area contributed by atoms with Gasteiger partial charge in [0.15, 0.2) is 11.6 Å². The second kappa shape index (κ2) is 20.7. The van der Waals surface area contributed by atoms with Gasteiger partial charge in [-0.15, -0.1) is 0 Å². The van der Waals surface area contributed by atoms with E-state index in [4.69, 9.17) is 9.84 Å². The monoisotopic (exact) mass is 835 g/mol. The van der Waals surface area contributed by atoms with Crippen molar-refractivity contribution in [2.75, 3.05) is 13.2 Å². The maximum absolute atomic E-state index is 15.2. The van der Waals surface area contributed by atoms with Gasteiger partial charge in [0.05, 0.1) is 25.0 Å². The Morgan fingerprint density at radius 2 is 1.72 bits per heavy atom. The van der Waals surface area contributed by atoms with E-state index < -0.39 is 42.4 Å². The van der Waals surface area contributed by atoms with Crippen LogP contribution in [0.1, 0.15) is 101 Å². The average molecular weight is 834 g/mol. The zero-order valence-electron chi connectivity index (χ0n) is 29.4. The van der Waals surface area contributed by atoms with Crippen LogP contribution in [0.3, 0.4) is 0 Å². The molecule has 47 heavy (non-hydrogen) atoms. The number of carbonyl (C=O) groups excluding carboxylic acids is 1. The first-order valence-corrected chi connectivity index (χ1v) is 15.3. The summed E-state index contributed by atoms with van der Waals surface area (Å²) in [5.41, 5.74) is 3.83. The van der Waals surface area contributed by atoms with E-state index in [0.29, 0.717) is 65.1 Å². The maximum Gasteiger partial charge on any atom is 0.390 e. The van der Waals surface area contributed by atoms with Crippen molar-refractivity contribution >= 4 is 18.0 Å². The molecule has 3 rings (SSSR count). The van der Waals surface area contributed by atoms with E-state index in [1.54, 1.807) is 20.8 Å². The number of hydrogen-bond acceptors (Lipinski definition) is 5. The summed E-state index contributed by atoms with van der Waals surface area (Å²) in [5.74, 6) is -2.18. The van der Waals surface area contributed by atoms with Gasteiger partial charge < -0.3 is 27.7 Å². The Morgan fingerprint density at radius 3 is 2.21 bits per heavy atom. The summed E-state index contributed by atoms with van der Waals surface area (Å²) in [6, 6.07) is 1.31. The van der Waals surface area contributed by atoms with Crippen molar-refractivity contribution in [3.63, 3.8) is 0 Å². The Kier molecular flexibility index (Phi) is 20.5. The fourth-order valence-electron chi connectivity index (χ4n) is 4.59. The Bertz CT molecular complexity index is 1370. The van der Waals surface area contributed by atoms with Crippen molar-refractivity contribution in [1.82, 2.24) is 10.3 Å². The van der Waals surface area contributed by atoms with E-state index in [1.165, 1.54) is 19.1 Å². The van der Waals surface area contributed by atoms with Crippen LogP contribution in [0.5, 0.6) is 5.75 Å². The largest absolute Gasteiger partial charge is 0.490 e. The van der Waals surface area contributed by atoms with E-state index in [1.807, 2.05) is 34.6 Å². The molecule has 1 aromatic carbocycles. The van der Waals surface area contributed by atoms with Crippen molar-refractivity contribution in [1.29, 1.82) is 0 Å². The number of ether oxygens (including phenoxy) is 1. The molecule has 1 aliphatic rings. The number of benzene rings is 1. The quantitative estimate of drug-likeness (QED) is 0.102. The minimum atomic E-state index is -4.40. The van der Waals surface area contributed by atoms with E-state index >= 15 is 4.39 Å². The topological polar surface area (TPSA) is 109 Å².